The molecule has 4 aromatic rings. The van der Waals surface area contributed by atoms with Crippen molar-refractivity contribution in [2.75, 3.05) is 0 Å². The first-order chi connectivity index (χ1) is 9.31. The third-order valence-corrected chi connectivity index (χ3v) is 3.26. The number of hydrogen-bond acceptors (Lipinski definition) is 4. The van der Waals surface area contributed by atoms with Crippen LogP contribution in [0.3, 0.4) is 0 Å². The van der Waals surface area contributed by atoms with Crippen LogP contribution in [0, 0.1) is 0 Å². The third kappa shape index (κ3) is 1.61. The Balaban J connectivity index is 2.25. The molecule has 0 aliphatic rings. The number of benzene rings is 1. The molecule has 1 aromatic carbocycles. The Morgan fingerprint density at radius 2 is 1.53 bits per heavy atom. The molecule has 0 N–H and O–H groups in total. The summed E-state index contributed by atoms with van der Waals surface area (Å²) in [5.74, 6) is 0. The zero-order chi connectivity index (χ0) is 12.8. The fourth-order valence-electron chi connectivity index (χ4n) is 2.18. The second-order valence-electron chi connectivity index (χ2n) is 4.23. The normalized spacial score (nSPS) is 11.4. The lowest BCUT2D eigenvalue weighted by Crippen LogP contribution is -1.90. The molecule has 0 bridgehead atoms. The summed E-state index contributed by atoms with van der Waals surface area (Å²) in [7, 11) is 0. The second kappa shape index (κ2) is 3.83. The molecule has 90 valence electrons. The van der Waals surface area contributed by atoms with Gasteiger partial charge in [-0.05, 0) is 18.2 Å². The minimum atomic E-state index is 0.459. The van der Waals surface area contributed by atoms with E-state index < -0.39 is 0 Å². The predicted molar refractivity (Wildman–Crippen MR) is 75.2 cm³/mol. The predicted octanol–water partition coefficient (Wildman–Crippen LogP) is 3.38. The molecule has 0 spiro atoms. The molecule has 3 heterocycles. The van der Waals surface area contributed by atoms with E-state index in [2.05, 4.69) is 19.9 Å². The highest BCUT2D eigenvalue weighted by Gasteiger charge is 2.07. The highest BCUT2D eigenvalue weighted by Crippen LogP contribution is 2.25. The molecule has 5 heteroatoms. The van der Waals surface area contributed by atoms with Gasteiger partial charge in [0.1, 0.15) is 10.7 Å². The Labute approximate surface area is 113 Å². The van der Waals surface area contributed by atoms with Crippen molar-refractivity contribution in [3.63, 3.8) is 0 Å². The summed E-state index contributed by atoms with van der Waals surface area (Å²) in [6, 6.07) is 9.69. The van der Waals surface area contributed by atoms with Gasteiger partial charge < -0.3 is 0 Å². The highest BCUT2D eigenvalue weighted by molar-refractivity contribution is 6.30. The van der Waals surface area contributed by atoms with Gasteiger partial charge in [-0.25, -0.2) is 15.0 Å². The monoisotopic (exact) mass is 266 g/mol. The van der Waals surface area contributed by atoms with Gasteiger partial charge in [0.25, 0.3) is 0 Å². The highest BCUT2D eigenvalue weighted by atomic mass is 35.5. The van der Waals surface area contributed by atoms with Crippen molar-refractivity contribution >= 4 is 44.6 Å². The number of nitrogens with zero attached hydrogens (tertiary/aromatic N) is 4. The minimum absolute atomic E-state index is 0.459. The molecule has 4 nitrogen and oxygen atoms in total. The molecule has 0 saturated carbocycles. The lowest BCUT2D eigenvalue weighted by atomic mass is 10.1. The summed E-state index contributed by atoms with van der Waals surface area (Å²) in [5.41, 5.74) is 2.98. The summed E-state index contributed by atoms with van der Waals surface area (Å²) >= 11 is 5.97. The van der Waals surface area contributed by atoms with Crippen LogP contribution in [0.2, 0.25) is 5.15 Å². The van der Waals surface area contributed by atoms with Crippen molar-refractivity contribution in [3.05, 3.63) is 47.9 Å². The summed E-state index contributed by atoms with van der Waals surface area (Å²) in [6.45, 7) is 0. The number of rotatable bonds is 0. The van der Waals surface area contributed by atoms with Crippen LogP contribution in [0.1, 0.15) is 0 Å². The van der Waals surface area contributed by atoms with Gasteiger partial charge in [-0.1, -0.05) is 23.7 Å². The van der Waals surface area contributed by atoms with Crippen molar-refractivity contribution in [3.8, 4) is 0 Å². The van der Waals surface area contributed by atoms with Crippen LogP contribution in [0.15, 0.2) is 42.7 Å². The smallest absolute Gasteiger partial charge is 0.178 e. The van der Waals surface area contributed by atoms with Crippen molar-refractivity contribution < 1.29 is 0 Å². The third-order valence-electron chi connectivity index (χ3n) is 3.05. The van der Waals surface area contributed by atoms with E-state index in [4.69, 9.17) is 11.6 Å². The molecule has 19 heavy (non-hydrogen) atoms. The van der Waals surface area contributed by atoms with Gasteiger partial charge in [-0.2, -0.15) is 0 Å². The number of halogens is 1. The van der Waals surface area contributed by atoms with E-state index in [1.54, 1.807) is 18.5 Å². The quantitative estimate of drug-likeness (QED) is 0.278. The van der Waals surface area contributed by atoms with Gasteiger partial charge in [-0.3, -0.25) is 4.98 Å². The maximum atomic E-state index is 5.97. The van der Waals surface area contributed by atoms with Crippen molar-refractivity contribution in [2.24, 2.45) is 0 Å². The first kappa shape index (κ1) is 10.6. The Bertz CT molecular complexity index is 936. The SMILES string of the molecule is Clc1ccc2ccc3cc4nccnc4nc3c2n1. The van der Waals surface area contributed by atoms with Crippen LogP contribution in [-0.2, 0) is 0 Å². The Kier molecular flexibility index (Phi) is 2.13. The minimum Gasteiger partial charge on any atom is -0.251 e. The van der Waals surface area contributed by atoms with Crippen molar-refractivity contribution in [1.82, 2.24) is 19.9 Å². The van der Waals surface area contributed by atoms with E-state index in [9.17, 15) is 0 Å². The molecular weight excluding hydrogens is 260 g/mol. The summed E-state index contributed by atoms with van der Waals surface area (Å²) in [5, 5.41) is 2.45. The molecule has 4 rings (SSSR count). The van der Waals surface area contributed by atoms with E-state index in [1.807, 2.05) is 24.3 Å². The lowest BCUT2D eigenvalue weighted by Gasteiger charge is -2.04. The van der Waals surface area contributed by atoms with Crippen LogP contribution in [-0.4, -0.2) is 19.9 Å². The largest absolute Gasteiger partial charge is 0.251 e. The standard InChI is InChI=1S/C14H7ClN4/c15-11-4-3-8-1-2-9-7-10-14(17-6-5-16-10)19-13(9)12(8)18-11/h1-7H. The van der Waals surface area contributed by atoms with E-state index in [1.165, 1.54) is 0 Å². The first-order valence-electron chi connectivity index (χ1n) is 5.78. The van der Waals surface area contributed by atoms with E-state index >= 15 is 0 Å². The molecule has 0 unspecified atom stereocenters. The average Bonchev–Trinajstić information content (AvgIpc) is 2.45. The molecule has 0 aliphatic heterocycles. The van der Waals surface area contributed by atoms with E-state index in [0.717, 1.165) is 27.3 Å². The molecule has 3 aromatic heterocycles. The van der Waals surface area contributed by atoms with Crippen molar-refractivity contribution in [2.45, 2.75) is 0 Å². The molecule has 0 amide bonds. The first-order valence-corrected chi connectivity index (χ1v) is 6.16. The van der Waals surface area contributed by atoms with Gasteiger partial charge in [0.2, 0.25) is 0 Å². The Morgan fingerprint density at radius 3 is 2.47 bits per heavy atom. The van der Waals surface area contributed by atoms with Crippen molar-refractivity contribution in [1.29, 1.82) is 0 Å². The molecule has 0 atom stereocenters. The molecule has 0 aliphatic carbocycles. The fourth-order valence-corrected chi connectivity index (χ4v) is 2.33. The zero-order valence-electron chi connectivity index (χ0n) is 9.71. The van der Waals surface area contributed by atoms with Gasteiger partial charge >= 0.3 is 0 Å². The van der Waals surface area contributed by atoms with E-state index in [0.29, 0.717) is 10.8 Å². The Hall–Kier alpha value is -2.33. The van der Waals surface area contributed by atoms with E-state index in [-0.39, 0.29) is 0 Å². The van der Waals surface area contributed by atoms with Crippen LogP contribution >= 0.6 is 11.6 Å². The second-order valence-corrected chi connectivity index (χ2v) is 4.62. The molecule has 0 fully saturated rings. The van der Waals surface area contributed by atoms with Gasteiger partial charge in [0.05, 0.1) is 11.0 Å². The molecule has 0 radical (unpaired) electrons. The number of pyridine rings is 2. The summed E-state index contributed by atoms with van der Waals surface area (Å²) in [4.78, 5) is 17.4. The van der Waals surface area contributed by atoms with Crippen LogP contribution in [0.4, 0.5) is 0 Å². The maximum Gasteiger partial charge on any atom is 0.178 e. The maximum absolute atomic E-state index is 5.97. The van der Waals surface area contributed by atoms with Crippen LogP contribution in [0.5, 0.6) is 0 Å². The lowest BCUT2D eigenvalue weighted by molar-refractivity contribution is 1.25. The van der Waals surface area contributed by atoms with Crippen LogP contribution in [0.25, 0.3) is 33.0 Å². The number of hydrogen-bond donors (Lipinski definition) is 0. The Morgan fingerprint density at radius 1 is 0.789 bits per heavy atom. The fraction of sp³-hybridized carbons (Fsp3) is 0. The number of fused-ring (bicyclic) bond motifs is 4. The summed E-state index contributed by atoms with van der Waals surface area (Å²) < 4.78 is 0. The molecular formula is C14H7ClN4. The van der Waals surface area contributed by atoms with Gasteiger partial charge in [-0.15, -0.1) is 0 Å². The van der Waals surface area contributed by atoms with Crippen LogP contribution < -0.4 is 0 Å². The van der Waals surface area contributed by atoms with Gasteiger partial charge in [0.15, 0.2) is 5.65 Å². The van der Waals surface area contributed by atoms with Gasteiger partial charge in [0, 0.05) is 23.2 Å². The topological polar surface area (TPSA) is 51.6 Å². The number of aromatic nitrogens is 4. The summed E-state index contributed by atoms with van der Waals surface area (Å²) in [6.07, 6.45) is 3.29. The average molecular weight is 267 g/mol. The zero-order valence-corrected chi connectivity index (χ0v) is 10.5. The molecule has 0 saturated heterocycles.